The second kappa shape index (κ2) is 3.44. The van der Waals surface area contributed by atoms with Crippen molar-refractivity contribution < 1.29 is 0 Å². The van der Waals surface area contributed by atoms with Gasteiger partial charge in [-0.05, 0) is 18.2 Å². The fourth-order valence-electron chi connectivity index (χ4n) is 1.55. The number of benzene rings is 1. The molecular weight excluding hydrogens is 186 g/mol. The highest BCUT2D eigenvalue weighted by molar-refractivity contribution is 5.98. The van der Waals surface area contributed by atoms with E-state index in [2.05, 4.69) is 21.4 Å². The van der Waals surface area contributed by atoms with E-state index in [-0.39, 0.29) is 0 Å². The van der Waals surface area contributed by atoms with Gasteiger partial charge in [-0.3, -0.25) is 9.98 Å². The monoisotopic (exact) mass is 197 g/mol. The molecule has 0 aliphatic carbocycles. The summed E-state index contributed by atoms with van der Waals surface area (Å²) < 4.78 is 0. The zero-order chi connectivity index (χ0) is 10.1. The summed E-state index contributed by atoms with van der Waals surface area (Å²) in [5, 5.41) is 5.22. The molecule has 0 unspecified atom stereocenters. The quantitative estimate of drug-likeness (QED) is 0.600. The topological polar surface area (TPSA) is 46.7 Å². The molecule has 0 spiro atoms. The first kappa shape index (κ1) is 8.56. The summed E-state index contributed by atoms with van der Waals surface area (Å²) in [6, 6.07) is 4.08. The summed E-state index contributed by atoms with van der Waals surface area (Å²) in [7, 11) is 0. The summed E-state index contributed by atoms with van der Waals surface area (Å²) in [4.78, 5) is 8.49. The van der Waals surface area contributed by atoms with Gasteiger partial charge in [0.05, 0.1) is 11.0 Å². The van der Waals surface area contributed by atoms with E-state index in [1.807, 2.05) is 30.6 Å². The van der Waals surface area contributed by atoms with E-state index in [1.165, 1.54) is 18.3 Å². The van der Waals surface area contributed by atoms with Crippen LogP contribution in [0.1, 0.15) is 5.56 Å². The van der Waals surface area contributed by atoms with E-state index < -0.39 is 0 Å². The minimum absolute atomic E-state index is 1.03. The zero-order valence-corrected chi connectivity index (χ0v) is 8.27. The second-order valence-electron chi connectivity index (χ2n) is 3.58. The van der Waals surface area contributed by atoms with Crippen LogP contribution in [0.4, 0.5) is 5.69 Å². The Hall–Kier alpha value is -1.74. The Morgan fingerprint density at radius 3 is 2.87 bits per heavy atom. The molecule has 0 amide bonds. The lowest BCUT2D eigenvalue weighted by atomic mass is 10.1. The van der Waals surface area contributed by atoms with Crippen LogP contribution in [0.3, 0.4) is 0 Å². The minimum atomic E-state index is 1.03. The Morgan fingerprint density at radius 2 is 2.07 bits per heavy atom. The first-order valence-corrected chi connectivity index (χ1v) is 5.08. The van der Waals surface area contributed by atoms with Gasteiger partial charge in [-0.15, -0.1) is 0 Å². The third kappa shape index (κ3) is 1.62. The molecule has 3 heterocycles. The maximum Gasteiger partial charge on any atom is 0.0797 e. The molecule has 1 aromatic rings. The van der Waals surface area contributed by atoms with Crippen LogP contribution < -0.4 is 15.9 Å². The molecule has 0 atom stereocenters. The van der Waals surface area contributed by atoms with Crippen LogP contribution in [0.2, 0.25) is 0 Å². The number of aliphatic imine (C=N–C) groups is 1. The average Bonchev–Trinajstić information content (AvgIpc) is 2.94. The van der Waals surface area contributed by atoms with Crippen molar-refractivity contribution >= 4 is 24.1 Å². The van der Waals surface area contributed by atoms with Gasteiger partial charge in [-0.25, -0.2) is 0 Å². The van der Waals surface area contributed by atoms with E-state index in [9.17, 15) is 0 Å². The first-order chi connectivity index (χ1) is 7.45. The highest BCUT2D eigenvalue weighted by atomic mass is 15.0. The van der Waals surface area contributed by atoms with Crippen molar-refractivity contribution in [3.8, 4) is 0 Å². The molecule has 1 fully saturated rings. The largest absolute Gasteiger partial charge is 0.314 e. The summed E-state index contributed by atoms with van der Waals surface area (Å²) >= 11 is 0. The molecule has 0 radical (unpaired) electrons. The highest BCUT2D eigenvalue weighted by Crippen LogP contribution is 2.16. The third-order valence-corrected chi connectivity index (χ3v) is 2.39. The van der Waals surface area contributed by atoms with Crippen LogP contribution in [0, 0.1) is 0 Å². The van der Waals surface area contributed by atoms with Crippen molar-refractivity contribution in [2.24, 2.45) is 9.98 Å². The molecule has 1 saturated heterocycles. The Bertz CT molecular complexity index is 514. The first-order valence-electron chi connectivity index (χ1n) is 5.08. The standard InChI is InChI=1S/C10H6N2.C2H5N/c1-2-9-8(4-6-11-9)10-7(1)3-5-12-10;1-2-3-1/h1-6H;3H,1-2H2. The van der Waals surface area contributed by atoms with Gasteiger partial charge in [0.15, 0.2) is 0 Å². The van der Waals surface area contributed by atoms with Gasteiger partial charge in [0, 0.05) is 36.3 Å². The van der Waals surface area contributed by atoms with E-state index in [1.54, 1.807) is 0 Å². The van der Waals surface area contributed by atoms with Crippen molar-refractivity contribution in [1.82, 2.24) is 5.32 Å². The number of rotatable bonds is 0. The molecule has 1 N–H and O–H groups in total. The van der Waals surface area contributed by atoms with Gasteiger partial charge in [0.1, 0.15) is 0 Å². The second-order valence-corrected chi connectivity index (χ2v) is 3.58. The summed E-state index contributed by atoms with van der Waals surface area (Å²) in [6.07, 6.45) is 7.67. The number of nitrogens with zero attached hydrogens (tertiary/aromatic N) is 2. The van der Waals surface area contributed by atoms with Crippen LogP contribution in [0.15, 0.2) is 28.3 Å². The maximum atomic E-state index is 4.28. The van der Waals surface area contributed by atoms with Crippen molar-refractivity contribution in [3.05, 3.63) is 34.5 Å². The van der Waals surface area contributed by atoms with Crippen LogP contribution >= 0.6 is 0 Å². The summed E-state index contributed by atoms with van der Waals surface area (Å²) in [5.74, 6) is 0. The van der Waals surface area contributed by atoms with Gasteiger partial charge in [0.25, 0.3) is 0 Å². The van der Waals surface area contributed by atoms with E-state index in [0.29, 0.717) is 0 Å². The molecular formula is C12H11N3. The zero-order valence-electron chi connectivity index (χ0n) is 8.27. The molecule has 3 aliphatic heterocycles. The molecule has 3 heteroatoms. The highest BCUT2D eigenvalue weighted by Gasteiger charge is 2.07. The molecule has 15 heavy (non-hydrogen) atoms. The number of nitrogens with one attached hydrogen (secondary N) is 1. The molecule has 0 saturated carbocycles. The minimum Gasteiger partial charge on any atom is -0.314 e. The smallest absolute Gasteiger partial charge is 0.0797 e. The Kier molecular flexibility index (Phi) is 1.96. The molecule has 4 rings (SSSR count). The summed E-state index contributed by atoms with van der Waals surface area (Å²) in [5.41, 5.74) is 2.21. The fraction of sp³-hybridized carbons (Fsp3) is 0.167. The van der Waals surface area contributed by atoms with Crippen molar-refractivity contribution in [3.63, 3.8) is 0 Å². The molecule has 3 nitrogen and oxygen atoms in total. The molecule has 3 aliphatic rings. The molecule has 0 bridgehead atoms. The van der Waals surface area contributed by atoms with Crippen LogP contribution in [0.25, 0.3) is 12.2 Å². The third-order valence-electron chi connectivity index (χ3n) is 2.39. The van der Waals surface area contributed by atoms with Crippen molar-refractivity contribution in [1.29, 1.82) is 0 Å². The predicted octanol–water partition coefficient (Wildman–Crippen LogP) is 0.377. The van der Waals surface area contributed by atoms with Gasteiger partial charge in [-0.2, -0.15) is 0 Å². The van der Waals surface area contributed by atoms with Crippen LogP contribution in [0.5, 0.6) is 0 Å². The fourth-order valence-corrected chi connectivity index (χ4v) is 1.55. The van der Waals surface area contributed by atoms with Gasteiger partial charge in [-0.1, -0.05) is 6.07 Å². The molecule has 74 valence electrons. The van der Waals surface area contributed by atoms with Crippen LogP contribution in [-0.4, -0.2) is 19.3 Å². The average molecular weight is 197 g/mol. The Morgan fingerprint density at radius 1 is 1.20 bits per heavy atom. The van der Waals surface area contributed by atoms with Crippen LogP contribution in [-0.2, 0) is 0 Å². The van der Waals surface area contributed by atoms with E-state index in [4.69, 9.17) is 0 Å². The Balaban J connectivity index is 0.000000209. The molecule has 0 aromatic heterocycles. The number of hydrogen-bond acceptors (Lipinski definition) is 3. The van der Waals surface area contributed by atoms with E-state index in [0.717, 1.165) is 16.6 Å². The lowest BCUT2D eigenvalue weighted by Crippen LogP contribution is -2.09. The lowest BCUT2D eigenvalue weighted by molar-refractivity contribution is 1.34. The Labute approximate surface area is 87.6 Å². The molecule has 1 aromatic carbocycles. The predicted molar refractivity (Wildman–Crippen MR) is 61.7 cm³/mol. The van der Waals surface area contributed by atoms with E-state index >= 15 is 0 Å². The van der Waals surface area contributed by atoms with Crippen molar-refractivity contribution in [2.75, 3.05) is 13.1 Å². The SMILES string of the molecule is C1=Cc2c3c(ccc2=N1)=CC=N3.C1CN1. The van der Waals surface area contributed by atoms with Gasteiger partial charge >= 0.3 is 0 Å². The lowest BCUT2D eigenvalue weighted by Gasteiger charge is -1.94. The van der Waals surface area contributed by atoms with Crippen molar-refractivity contribution in [2.45, 2.75) is 0 Å². The maximum absolute atomic E-state index is 4.28. The van der Waals surface area contributed by atoms with Gasteiger partial charge in [0.2, 0.25) is 0 Å². The number of hydrogen-bond donors (Lipinski definition) is 1. The van der Waals surface area contributed by atoms with Gasteiger partial charge < -0.3 is 5.32 Å². The normalized spacial score (nSPS) is 17.1. The summed E-state index contributed by atoms with van der Waals surface area (Å²) in [6.45, 7) is 2.50. The number of fused-ring (bicyclic) bond motifs is 3.